The van der Waals surface area contributed by atoms with Gasteiger partial charge in [0.05, 0.1) is 12.3 Å². The summed E-state index contributed by atoms with van der Waals surface area (Å²) in [5.41, 5.74) is 2.93. The fourth-order valence-electron chi connectivity index (χ4n) is 3.10. The van der Waals surface area contributed by atoms with Crippen LogP contribution in [0.1, 0.15) is 76.2 Å². The van der Waals surface area contributed by atoms with Crippen LogP contribution >= 0.6 is 0 Å². The Morgan fingerprint density at radius 1 is 1.20 bits per heavy atom. The lowest BCUT2D eigenvalue weighted by Gasteiger charge is -2.23. The maximum atomic E-state index is 5.65. The molecule has 0 aromatic carbocycles. The summed E-state index contributed by atoms with van der Waals surface area (Å²) in [6, 6.07) is 2.52. The van der Waals surface area contributed by atoms with Crippen LogP contribution in [0, 0.1) is 0 Å². The van der Waals surface area contributed by atoms with Crippen LogP contribution < -0.4 is 5.32 Å². The zero-order chi connectivity index (χ0) is 14.2. The van der Waals surface area contributed by atoms with E-state index in [2.05, 4.69) is 31.3 Å². The van der Waals surface area contributed by atoms with Crippen molar-refractivity contribution < 1.29 is 4.42 Å². The first kappa shape index (κ1) is 15.4. The Morgan fingerprint density at radius 2 is 2.05 bits per heavy atom. The van der Waals surface area contributed by atoms with Gasteiger partial charge in [0, 0.05) is 12.0 Å². The van der Waals surface area contributed by atoms with Crippen LogP contribution in [0.2, 0.25) is 0 Å². The predicted octanol–water partition coefficient (Wildman–Crippen LogP) is 5.16. The van der Waals surface area contributed by atoms with Crippen molar-refractivity contribution in [2.24, 2.45) is 0 Å². The molecule has 20 heavy (non-hydrogen) atoms. The number of hydrogen-bond acceptors (Lipinski definition) is 2. The molecule has 1 aromatic heterocycles. The molecule has 112 valence electrons. The Balaban J connectivity index is 2.21. The van der Waals surface area contributed by atoms with Crippen LogP contribution in [-0.2, 0) is 6.42 Å². The van der Waals surface area contributed by atoms with Crippen molar-refractivity contribution in [1.29, 1.82) is 0 Å². The predicted molar refractivity (Wildman–Crippen MR) is 84.9 cm³/mol. The van der Waals surface area contributed by atoms with Gasteiger partial charge in [-0.1, -0.05) is 38.3 Å². The molecule has 0 saturated heterocycles. The Morgan fingerprint density at radius 3 is 2.85 bits per heavy atom. The van der Waals surface area contributed by atoms with Crippen molar-refractivity contribution in [3.05, 3.63) is 35.3 Å². The van der Waals surface area contributed by atoms with Gasteiger partial charge in [-0.3, -0.25) is 0 Å². The van der Waals surface area contributed by atoms with Crippen LogP contribution in [-0.4, -0.2) is 6.54 Å². The Labute approximate surface area is 123 Å². The molecule has 0 radical (unpaired) electrons. The quantitative estimate of drug-likeness (QED) is 0.725. The summed E-state index contributed by atoms with van der Waals surface area (Å²) in [7, 11) is 0. The molecule has 1 unspecified atom stereocenters. The fourth-order valence-corrected chi connectivity index (χ4v) is 3.10. The summed E-state index contributed by atoms with van der Waals surface area (Å²) in [6.45, 7) is 5.47. The van der Waals surface area contributed by atoms with Crippen molar-refractivity contribution in [3.8, 4) is 0 Å². The lowest BCUT2D eigenvalue weighted by Crippen LogP contribution is -2.24. The van der Waals surface area contributed by atoms with Gasteiger partial charge in [0.1, 0.15) is 5.76 Å². The van der Waals surface area contributed by atoms with Crippen molar-refractivity contribution in [2.75, 3.05) is 6.54 Å². The van der Waals surface area contributed by atoms with Gasteiger partial charge in [-0.25, -0.2) is 0 Å². The highest BCUT2D eigenvalue weighted by atomic mass is 16.3. The molecule has 2 rings (SSSR count). The molecule has 0 saturated carbocycles. The van der Waals surface area contributed by atoms with E-state index in [1.54, 1.807) is 5.57 Å². The van der Waals surface area contributed by atoms with Gasteiger partial charge in [-0.2, -0.15) is 0 Å². The zero-order valence-corrected chi connectivity index (χ0v) is 13.1. The third kappa shape index (κ3) is 3.99. The molecular weight excluding hydrogens is 246 g/mol. The molecule has 1 atom stereocenters. The third-order valence-corrected chi connectivity index (χ3v) is 4.21. The van der Waals surface area contributed by atoms with Crippen LogP contribution in [0.15, 0.2) is 28.4 Å². The highest BCUT2D eigenvalue weighted by molar-refractivity contribution is 5.30. The fraction of sp³-hybridized carbons (Fsp3) is 0.667. The first-order chi connectivity index (χ1) is 9.86. The molecular formula is C18H29NO. The smallest absolute Gasteiger partial charge is 0.108 e. The SMILES string of the molecule is CCCNC(/C1=C/CCCCCC1)c1ccoc1CC. The number of rotatable bonds is 6. The van der Waals surface area contributed by atoms with E-state index in [0.717, 1.165) is 18.7 Å². The standard InChI is InChI=1S/C18H29NO/c1-3-13-19-18(16-12-14-20-17(16)4-2)15-10-8-6-5-7-9-11-15/h10,12,14,18-19H,3-9,11,13H2,1-2H3/b15-10+. The maximum absolute atomic E-state index is 5.65. The van der Waals surface area contributed by atoms with E-state index in [-0.39, 0.29) is 0 Å². The summed E-state index contributed by atoms with van der Waals surface area (Å²) in [5, 5.41) is 3.74. The molecule has 0 amide bonds. The molecule has 0 aliphatic heterocycles. The minimum atomic E-state index is 0.363. The van der Waals surface area contributed by atoms with Gasteiger partial charge < -0.3 is 9.73 Å². The van der Waals surface area contributed by atoms with Gasteiger partial charge in [0.25, 0.3) is 0 Å². The molecule has 0 spiro atoms. The molecule has 2 nitrogen and oxygen atoms in total. The molecule has 1 heterocycles. The van der Waals surface area contributed by atoms with Crippen LogP contribution in [0.5, 0.6) is 0 Å². The molecule has 2 heteroatoms. The van der Waals surface area contributed by atoms with Crippen molar-refractivity contribution in [2.45, 2.75) is 71.3 Å². The number of nitrogens with one attached hydrogen (secondary N) is 1. The Hall–Kier alpha value is -1.02. The van der Waals surface area contributed by atoms with Crippen LogP contribution in [0.3, 0.4) is 0 Å². The number of furan rings is 1. The van der Waals surface area contributed by atoms with E-state index in [4.69, 9.17) is 4.42 Å². The molecule has 1 aliphatic carbocycles. The highest BCUT2D eigenvalue weighted by Crippen LogP contribution is 2.31. The topological polar surface area (TPSA) is 25.2 Å². The largest absolute Gasteiger partial charge is 0.469 e. The highest BCUT2D eigenvalue weighted by Gasteiger charge is 2.20. The first-order valence-electron chi connectivity index (χ1n) is 8.35. The summed E-state index contributed by atoms with van der Waals surface area (Å²) in [4.78, 5) is 0. The monoisotopic (exact) mass is 275 g/mol. The van der Waals surface area contributed by atoms with E-state index in [0.29, 0.717) is 6.04 Å². The molecule has 1 aliphatic rings. The van der Waals surface area contributed by atoms with Gasteiger partial charge in [-0.05, 0) is 44.7 Å². The second kappa shape index (κ2) is 8.31. The summed E-state index contributed by atoms with van der Waals surface area (Å²) in [5.74, 6) is 1.14. The van der Waals surface area contributed by atoms with Crippen molar-refractivity contribution >= 4 is 0 Å². The van der Waals surface area contributed by atoms with Gasteiger partial charge in [0.2, 0.25) is 0 Å². The summed E-state index contributed by atoms with van der Waals surface area (Å²) in [6.07, 6.45) is 14.4. The minimum absolute atomic E-state index is 0.363. The average molecular weight is 275 g/mol. The average Bonchev–Trinajstić information content (AvgIpc) is 2.89. The molecule has 0 fully saturated rings. The van der Waals surface area contributed by atoms with E-state index in [1.807, 2.05) is 6.26 Å². The lowest BCUT2D eigenvalue weighted by molar-refractivity contribution is 0.491. The first-order valence-corrected chi connectivity index (χ1v) is 8.35. The third-order valence-electron chi connectivity index (χ3n) is 4.21. The summed E-state index contributed by atoms with van der Waals surface area (Å²) >= 11 is 0. The van der Waals surface area contributed by atoms with Crippen molar-refractivity contribution in [1.82, 2.24) is 5.32 Å². The van der Waals surface area contributed by atoms with E-state index in [9.17, 15) is 0 Å². The maximum Gasteiger partial charge on any atom is 0.108 e. The van der Waals surface area contributed by atoms with Gasteiger partial charge in [-0.15, -0.1) is 0 Å². The second-order valence-corrected chi connectivity index (χ2v) is 5.77. The zero-order valence-electron chi connectivity index (χ0n) is 13.1. The van der Waals surface area contributed by atoms with Crippen molar-refractivity contribution in [3.63, 3.8) is 0 Å². The van der Waals surface area contributed by atoms with E-state index >= 15 is 0 Å². The van der Waals surface area contributed by atoms with E-state index in [1.165, 1.54) is 50.5 Å². The van der Waals surface area contributed by atoms with Gasteiger partial charge >= 0.3 is 0 Å². The Bertz CT molecular complexity index is 419. The number of hydrogen-bond donors (Lipinski definition) is 1. The van der Waals surface area contributed by atoms with E-state index < -0.39 is 0 Å². The van der Waals surface area contributed by atoms with Gasteiger partial charge in [0.15, 0.2) is 0 Å². The number of allylic oxidation sites excluding steroid dienone is 1. The molecule has 0 bridgehead atoms. The lowest BCUT2D eigenvalue weighted by atomic mass is 9.90. The normalized spacial score (nSPS) is 20.8. The minimum Gasteiger partial charge on any atom is -0.469 e. The summed E-state index contributed by atoms with van der Waals surface area (Å²) < 4.78 is 5.65. The molecule has 1 aromatic rings. The second-order valence-electron chi connectivity index (χ2n) is 5.77. The Kier molecular flexibility index (Phi) is 6.38. The number of aryl methyl sites for hydroxylation is 1. The molecule has 1 N–H and O–H groups in total. The van der Waals surface area contributed by atoms with Crippen LogP contribution in [0.25, 0.3) is 0 Å². The van der Waals surface area contributed by atoms with Crippen LogP contribution in [0.4, 0.5) is 0 Å².